The summed E-state index contributed by atoms with van der Waals surface area (Å²) in [6, 6.07) is 20.2. The number of nitrogens with one attached hydrogen (secondary N) is 2. The Morgan fingerprint density at radius 3 is 2.24 bits per heavy atom. The van der Waals surface area contributed by atoms with E-state index in [1.54, 1.807) is 30.3 Å². The number of carbonyl (C=O) groups excluding carboxylic acids is 1. The van der Waals surface area contributed by atoms with Gasteiger partial charge in [-0.2, -0.15) is 0 Å². The minimum atomic E-state index is -1.08. The third kappa shape index (κ3) is 5.59. The summed E-state index contributed by atoms with van der Waals surface area (Å²) < 4.78 is 1.03. The molecule has 37 heavy (non-hydrogen) atoms. The van der Waals surface area contributed by atoms with Crippen LogP contribution in [0.1, 0.15) is 72.2 Å². The van der Waals surface area contributed by atoms with Crippen LogP contribution in [-0.2, 0) is 5.41 Å². The third-order valence-corrected chi connectivity index (χ3v) is 8.77. The first-order valence-corrected chi connectivity index (χ1v) is 13.8. The Morgan fingerprint density at radius 2 is 1.59 bits per heavy atom. The summed E-state index contributed by atoms with van der Waals surface area (Å²) in [5, 5.41) is 15.5. The van der Waals surface area contributed by atoms with Gasteiger partial charge in [0.25, 0.3) is 5.91 Å². The molecular weight excluding hydrogens is 528 g/mol. The Hall–Kier alpha value is -3.12. The monoisotopic (exact) mass is 560 g/mol. The first kappa shape index (κ1) is 25.5. The lowest BCUT2D eigenvalue weighted by Crippen LogP contribution is -2.38. The molecule has 2 aliphatic carbocycles. The van der Waals surface area contributed by atoms with Crippen LogP contribution in [0.5, 0.6) is 0 Å². The Balaban J connectivity index is 1.26. The zero-order chi connectivity index (χ0) is 26.2. The van der Waals surface area contributed by atoms with Gasteiger partial charge in [0.05, 0.1) is 16.9 Å². The van der Waals surface area contributed by atoms with E-state index in [1.165, 1.54) is 43.7 Å². The number of hydrogen-bond acceptors (Lipinski definition) is 3. The van der Waals surface area contributed by atoms with E-state index in [1.807, 2.05) is 12.1 Å². The van der Waals surface area contributed by atoms with Crippen LogP contribution in [-0.4, -0.2) is 17.0 Å². The first-order valence-electron chi connectivity index (χ1n) is 13.0. The molecule has 3 aromatic rings. The van der Waals surface area contributed by atoms with Gasteiger partial charge in [-0.1, -0.05) is 32.0 Å². The number of halogens is 1. The Bertz CT molecular complexity index is 1300. The summed E-state index contributed by atoms with van der Waals surface area (Å²) in [6.45, 7) is 4.85. The molecule has 2 aliphatic rings. The van der Waals surface area contributed by atoms with Gasteiger partial charge in [-0.05, 0) is 125 Å². The SMILES string of the molecule is CC1CC2CC(C1)CC(C)(c1ccc(Nc3ccc(C(=O)Nc4ccccc4C(=O)O)cc3)c(Br)c1)C2. The van der Waals surface area contributed by atoms with Gasteiger partial charge in [-0.25, -0.2) is 4.79 Å². The molecule has 0 spiro atoms. The highest BCUT2D eigenvalue weighted by atomic mass is 79.9. The van der Waals surface area contributed by atoms with Crippen molar-refractivity contribution in [1.82, 2.24) is 0 Å². The molecule has 0 heterocycles. The summed E-state index contributed by atoms with van der Waals surface area (Å²) in [5.41, 5.74) is 4.25. The molecule has 6 heteroatoms. The van der Waals surface area contributed by atoms with Crippen molar-refractivity contribution in [1.29, 1.82) is 0 Å². The van der Waals surface area contributed by atoms with Crippen LogP contribution in [0.2, 0.25) is 0 Å². The number of anilines is 3. The van der Waals surface area contributed by atoms with Crippen LogP contribution in [0.25, 0.3) is 0 Å². The average molecular weight is 562 g/mol. The molecule has 2 fully saturated rings. The molecule has 0 aliphatic heterocycles. The highest BCUT2D eigenvalue weighted by Gasteiger charge is 2.41. The van der Waals surface area contributed by atoms with Gasteiger partial charge in [-0.15, -0.1) is 0 Å². The number of carbonyl (C=O) groups is 2. The molecule has 1 amide bonds. The lowest BCUT2D eigenvalue weighted by molar-refractivity contribution is 0.0698. The fourth-order valence-electron chi connectivity index (χ4n) is 6.65. The Labute approximate surface area is 226 Å². The zero-order valence-corrected chi connectivity index (χ0v) is 22.8. The predicted octanol–water partition coefficient (Wildman–Crippen LogP) is 8.25. The molecule has 2 unspecified atom stereocenters. The summed E-state index contributed by atoms with van der Waals surface area (Å²) in [6.07, 6.45) is 6.68. The first-order chi connectivity index (χ1) is 17.7. The highest BCUT2D eigenvalue weighted by molar-refractivity contribution is 9.10. The van der Waals surface area contributed by atoms with Crippen LogP contribution in [0.4, 0.5) is 17.1 Å². The molecule has 0 radical (unpaired) electrons. The Morgan fingerprint density at radius 1 is 0.919 bits per heavy atom. The molecule has 3 aromatic carbocycles. The van der Waals surface area contributed by atoms with E-state index in [-0.39, 0.29) is 22.6 Å². The number of fused-ring (bicyclic) bond motifs is 2. The van der Waals surface area contributed by atoms with E-state index in [2.05, 4.69) is 58.6 Å². The lowest BCUT2D eigenvalue weighted by atomic mass is 9.57. The van der Waals surface area contributed by atoms with Crippen LogP contribution < -0.4 is 10.6 Å². The van der Waals surface area contributed by atoms with Crippen molar-refractivity contribution in [2.75, 3.05) is 10.6 Å². The van der Waals surface area contributed by atoms with Crippen LogP contribution >= 0.6 is 15.9 Å². The second kappa shape index (κ2) is 10.3. The largest absolute Gasteiger partial charge is 0.478 e. The Kier molecular flexibility index (Phi) is 7.13. The van der Waals surface area contributed by atoms with Crippen molar-refractivity contribution in [3.8, 4) is 0 Å². The van der Waals surface area contributed by atoms with E-state index in [9.17, 15) is 14.7 Å². The molecule has 2 saturated carbocycles. The molecule has 0 aromatic heterocycles. The molecule has 5 nitrogen and oxygen atoms in total. The number of carboxylic acid groups (broad SMARTS) is 1. The van der Waals surface area contributed by atoms with E-state index in [0.29, 0.717) is 5.56 Å². The van der Waals surface area contributed by atoms with Crippen molar-refractivity contribution in [3.63, 3.8) is 0 Å². The number of aromatic carboxylic acids is 1. The normalized spacial score (nSPS) is 24.8. The van der Waals surface area contributed by atoms with Crippen LogP contribution in [0.3, 0.4) is 0 Å². The van der Waals surface area contributed by atoms with Crippen molar-refractivity contribution in [2.45, 2.75) is 51.4 Å². The van der Waals surface area contributed by atoms with E-state index in [4.69, 9.17) is 0 Å². The number of para-hydroxylation sites is 1. The lowest BCUT2D eigenvalue weighted by Gasteiger charge is -2.47. The summed E-state index contributed by atoms with van der Waals surface area (Å²) >= 11 is 3.78. The smallest absolute Gasteiger partial charge is 0.337 e. The average Bonchev–Trinajstić information content (AvgIpc) is 2.85. The van der Waals surface area contributed by atoms with Gasteiger partial charge < -0.3 is 15.7 Å². The minimum absolute atomic E-state index is 0.0577. The summed E-state index contributed by atoms with van der Waals surface area (Å²) in [5.74, 6) is 1.12. The topological polar surface area (TPSA) is 78.4 Å². The summed E-state index contributed by atoms with van der Waals surface area (Å²) in [7, 11) is 0. The van der Waals surface area contributed by atoms with E-state index < -0.39 is 5.97 Å². The van der Waals surface area contributed by atoms with E-state index >= 15 is 0 Å². The molecule has 2 bridgehead atoms. The quantitative estimate of drug-likeness (QED) is 0.283. The van der Waals surface area contributed by atoms with Crippen molar-refractivity contribution in [3.05, 3.63) is 87.9 Å². The van der Waals surface area contributed by atoms with Crippen molar-refractivity contribution >= 4 is 44.9 Å². The number of amides is 1. The predicted molar refractivity (Wildman–Crippen MR) is 152 cm³/mol. The fraction of sp³-hybridized carbons (Fsp3) is 0.355. The van der Waals surface area contributed by atoms with E-state index in [0.717, 1.165) is 33.6 Å². The second-order valence-corrected chi connectivity index (χ2v) is 12.1. The number of hydrogen-bond donors (Lipinski definition) is 3. The highest BCUT2D eigenvalue weighted by Crippen LogP contribution is 2.51. The number of carboxylic acids is 1. The van der Waals surface area contributed by atoms with Crippen LogP contribution in [0.15, 0.2) is 71.2 Å². The van der Waals surface area contributed by atoms with Gasteiger partial charge in [0.15, 0.2) is 0 Å². The molecule has 192 valence electrons. The molecule has 5 rings (SSSR count). The second-order valence-electron chi connectivity index (χ2n) is 11.2. The van der Waals surface area contributed by atoms with Gasteiger partial charge in [-0.3, -0.25) is 4.79 Å². The minimum Gasteiger partial charge on any atom is -0.478 e. The maximum Gasteiger partial charge on any atom is 0.337 e. The standard InChI is InChI=1S/C31H33BrN2O3/c1-19-13-20-15-21(14-19)18-31(2,17-20)23-9-12-28(26(32)16-23)33-24-10-7-22(8-11-24)29(35)34-27-6-4-3-5-25(27)30(36)37/h3-12,16,19-21,33H,13-15,17-18H2,1-2H3,(H,34,35)(H,36,37). The number of rotatable bonds is 6. The zero-order valence-electron chi connectivity index (χ0n) is 21.3. The van der Waals surface area contributed by atoms with Crippen LogP contribution in [0, 0.1) is 17.8 Å². The van der Waals surface area contributed by atoms with Crippen molar-refractivity contribution in [2.24, 2.45) is 17.8 Å². The maximum absolute atomic E-state index is 12.7. The van der Waals surface area contributed by atoms with Gasteiger partial charge in [0.2, 0.25) is 0 Å². The number of benzene rings is 3. The van der Waals surface area contributed by atoms with Gasteiger partial charge >= 0.3 is 5.97 Å². The summed E-state index contributed by atoms with van der Waals surface area (Å²) in [4.78, 5) is 24.1. The fourth-order valence-corrected chi connectivity index (χ4v) is 7.13. The molecule has 3 N–H and O–H groups in total. The van der Waals surface area contributed by atoms with Gasteiger partial charge in [0.1, 0.15) is 0 Å². The molecule has 2 atom stereocenters. The maximum atomic E-state index is 12.7. The third-order valence-electron chi connectivity index (χ3n) is 8.11. The van der Waals surface area contributed by atoms with Crippen molar-refractivity contribution < 1.29 is 14.7 Å². The molecular formula is C31H33BrN2O3. The van der Waals surface area contributed by atoms with Gasteiger partial charge in [0, 0.05) is 15.7 Å². The molecule has 0 saturated heterocycles.